The average molecular weight is 555 g/mol. The summed E-state index contributed by atoms with van der Waals surface area (Å²) in [7, 11) is 2.93. The fraction of sp³-hybridized carbons (Fsp3) is 0.304. The molecule has 8 heteroatoms. The van der Waals surface area contributed by atoms with Crippen molar-refractivity contribution in [3.8, 4) is 17.2 Å². The summed E-state index contributed by atoms with van der Waals surface area (Å²) in [6.07, 6.45) is 1.50. The van der Waals surface area contributed by atoms with Crippen molar-refractivity contribution in [2.24, 2.45) is 5.92 Å². The van der Waals surface area contributed by atoms with Crippen LogP contribution in [0.3, 0.4) is 0 Å². The van der Waals surface area contributed by atoms with Crippen LogP contribution in [-0.4, -0.2) is 31.4 Å². The number of hydrogen-bond acceptors (Lipinski definition) is 6. The Labute approximate surface area is 198 Å². The number of benzene rings is 2. The molecule has 0 radical (unpaired) electrons. The Morgan fingerprint density at radius 2 is 1.84 bits per heavy atom. The van der Waals surface area contributed by atoms with E-state index in [1.807, 2.05) is 24.3 Å². The Bertz CT molecular complexity index is 1090. The van der Waals surface area contributed by atoms with Gasteiger partial charge in [-0.25, -0.2) is 0 Å². The first-order valence-corrected chi connectivity index (χ1v) is 11.1. The molecule has 1 heterocycles. The maximum Gasteiger partial charge on any atom is 0.231 e. The number of rotatable bonds is 5. The van der Waals surface area contributed by atoms with Crippen molar-refractivity contribution in [3.05, 3.63) is 61.9 Å². The molecule has 0 saturated heterocycles. The maximum absolute atomic E-state index is 13.8. The van der Waals surface area contributed by atoms with Gasteiger partial charge in [0, 0.05) is 28.1 Å². The summed E-state index contributed by atoms with van der Waals surface area (Å²) in [5.74, 6) is 0.0204. The fourth-order valence-electron chi connectivity index (χ4n) is 3.98. The predicted octanol–water partition coefficient (Wildman–Crippen LogP) is 4.99. The van der Waals surface area contributed by atoms with Crippen LogP contribution in [0.25, 0.3) is 0 Å². The molecule has 162 valence electrons. The number of hydrogen-bond donors (Lipinski definition) is 0. The molecule has 0 aromatic heterocycles. The number of ketones is 2. The van der Waals surface area contributed by atoms with Crippen molar-refractivity contribution < 1.29 is 28.5 Å². The number of carbonyl (C=O) groups excluding carboxylic acids is 2. The molecule has 2 aromatic carbocycles. The first kappa shape index (κ1) is 22.0. The van der Waals surface area contributed by atoms with Crippen LogP contribution in [-0.2, 0) is 16.1 Å². The molecule has 31 heavy (non-hydrogen) atoms. The summed E-state index contributed by atoms with van der Waals surface area (Å²) in [5, 5.41) is 0.171. The van der Waals surface area contributed by atoms with Gasteiger partial charge in [-0.15, -0.1) is 0 Å². The van der Waals surface area contributed by atoms with E-state index in [0.717, 1.165) is 9.13 Å². The Morgan fingerprint density at radius 1 is 1.16 bits per heavy atom. The van der Waals surface area contributed by atoms with E-state index in [9.17, 15) is 9.59 Å². The summed E-state index contributed by atoms with van der Waals surface area (Å²) in [4.78, 5) is 26.1. The lowest BCUT2D eigenvalue weighted by Crippen LogP contribution is -2.51. The van der Waals surface area contributed by atoms with Crippen molar-refractivity contribution in [2.45, 2.75) is 25.6 Å². The van der Waals surface area contributed by atoms with E-state index in [1.165, 1.54) is 20.3 Å². The van der Waals surface area contributed by atoms with Crippen molar-refractivity contribution in [1.82, 2.24) is 0 Å². The van der Waals surface area contributed by atoms with Crippen LogP contribution in [0.2, 0.25) is 5.02 Å². The van der Waals surface area contributed by atoms with Crippen LogP contribution in [0.4, 0.5) is 0 Å². The molecule has 0 amide bonds. The highest BCUT2D eigenvalue weighted by Gasteiger charge is 2.60. The van der Waals surface area contributed by atoms with Gasteiger partial charge in [0.2, 0.25) is 11.4 Å². The van der Waals surface area contributed by atoms with E-state index < -0.39 is 11.5 Å². The van der Waals surface area contributed by atoms with Crippen LogP contribution < -0.4 is 14.2 Å². The zero-order valence-electron chi connectivity index (χ0n) is 17.2. The smallest absolute Gasteiger partial charge is 0.231 e. The number of ether oxygens (including phenoxy) is 4. The van der Waals surface area contributed by atoms with Gasteiger partial charge in [0.1, 0.15) is 28.7 Å². The normalized spacial score (nSPS) is 22.1. The van der Waals surface area contributed by atoms with Gasteiger partial charge in [-0.2, -0.15) is 0 Å². The molecule has 4 rings (SSSR count). The highest BCUT2D eigenvalue weighted by atomic mass is 127. The third kappa shape index (κ3) is 3.57. The molecule has 1 aliphatic carbocycles. The number of methoxy groups -OCH3 is 2. The Balaban J connectivity index is 1.77. The van der Waals surface area contributed by atoms with Gasteiger partial charge >= 0.3 is 0 Å². The largest absolute Gasteiger partial charge is 0.496 e. The van der Waals surface area contributed by atoms with Gasteiger partial charge in [-0.3, -0.25) is 9.59 Å². The number of Topliss-reactive ketones (excluding diaryl/α,β-unsaturated/α-hetero) is 1. The summed E-state index contributed by atoms with van der Waals surface area (Å²) in [5.41, 5.74) is -0.372. The van der Waals surface area contributed by atoms with Gasteiger partial charge in [0.15, 0.2) is 17.3 Å². The number of fused-ring (bicyclic) bond motifs is 1. The molecule has 6 nitrogen and oxygen atoms in total. The zero-order chi connectivity index (χ0) is 22.3. The second-order valence-electron chi connectivity index (χ2n) is 7.46. The van der Waals surface area contributed by atoms with E-state index in [0.29, 0.717) is 11.5 Å². The van der Waals surface area contributed by atoms with E-state index in [2.05, 4.69) is 22.6 Å². The highest BCUT2D eigenvalue weighted by molar-refractivity contribution is 14.1. The standard InChI is InChI=1S/C23H20ClIO6/c1-12-8-15(26)9-18(30-11-13-4-6-14(25)7-5-13)23(12)22(27)19-16(28-2)10-17(29-3)20(24)21(19)31-23/h4-7,9-10,12H,8,11H2,1-3H3/t12-,23+/m1/s1. The lowest BCUT2D eigenvalue weighted by molar-refractivity contribution is -0.118. The molecular formula is C23H20ClIO6. The second kappa shape index (κ2) is 8.35. The first-order chi connectivity index (χ1) is 14.8. The maximum atomic E-state index is 13.8. The quantitative estimate of drug-likeness (QED) is 0.486. The number of carbonyl (C=O) groups is 2. The van der Waals surface area contributed by atoms with Crippen molar-refractivity contribution >= 4 is 45.8 Å². The first-order valence-electron chi connectivity index (χ1n) is 9.62. The lowest BCUT2D eigenvalue weighted by atomic mass is 9.75. The summed E-state index contributed by atoms with van der Waals surface area (Å²) in [6, 6.07) is 9.33. The monoisotopic (exact) mass is 554 g/mol. The van der Waals surface area contributed by atoms with Gasteiger partial charge in [-0.1, -0.05) is 30.7 Å². The second-order valence-corrected chi connectivity index (χ2v) is 9.08. The molecule has 2 aromatic rings. The van der Waals surface area contributed by atoms with Crippen molar-refractivity contribution in [2.75, 3.05) is 14.2 Å². The van der Waals surface area contributed by atoms with E-state index >= 15 is 0 Å². The molecule has 2 aliphatic rings. The molecule has 0 unspecified atom stereocenters. The Kier molecular flexibility index (Phi) is 5.91. The molecular weight excluding hydrogens is 535 g/mol. The van der Waals surface area contributed by atoms with Crippen molar-refractivity contribution in [1.29, 1.82) is 0 Å². The minimum atomic E-state index is -1.50. The SMILES string of the molecule is COc1cc(OC)c2c(c1Cl)O[C@]1(C2=O)C(OCc2ccc(I)cc2)=CC(=O)C[C@H]1C. The molecule has 0 fully saturated rings. The Morgan fingerprint density at radius 3 is 2.48 bits per heavy atom. The third-order valence-electron chi connectivity index (χ3n) is 5.59. The molecule has 1 spiro atoms. The Hall–Kier alpha value is -2.26. The van der Waals surface area contributed by atoms with Crippen molar-refractivity contribution in [3.63, 3.8) is 0 Å². The van der Waals surface area contributed by atoms with Gasteiger partial charge < -0.3 is 18.9 Å². The zero-order valence-corrected chi connectivity index (χ0v) is 20.1. The van der Waals surface area contributed by atoms with Gasteiger partial charge in [0.05, 0.1) is 14.2 Å². The number of allylic oxidation sites excluding steroid dienone is 1. The predicted molar refractivity (Wildman–Crippen MR) is 123 cm³/mol. The fourth-order valence-corrected chi connectivity index (χ4v) is 4.60. The van der Waals surface area contributed by atoms with Crippen LogP contribution >= 0.6 is 34.2 Å². The van der Waals surface area contributed by atoms with Crippen LogP contribution in [0.5, 0.6) is 17.2 Å². The minimum absolute atomic E-state index is 0.126. The summed E-state index contributed by atoms with van der Waals surface area (Å²) < 4.78 is 24.1. The number of halogens is 2. The molecule has 0 bridgehead atoms. The van der Waals surface area contributed by atoms with Crippen LogP contribution in [0.1, 0.15) is 29.3 Å². The van der Waals surface area contributed by atoms with E-state index in [4.69, 9.17) is 30.5 Å². The summed E-state index contributed by atoms with van der Waals surface area (Å²) >= 11 is 8.70. The van der Waals surface area contributed by atoms with E-state index in [1.54, 1.807) is 13.0 Å². The van der Waals surface area contributed by atoms with Crippen LogP contribution in [0.15, 0.2) is 42.2 Å². The van der Waals surface area contributed by atoms with Crippen LogP contribution in [0, 0.1) is 9.49 Å². The van der Waals surface area contributed by atoms with Gasteiger partial charge in [0.25, 0.3) is 0 Å². The topological polar surface area (TPSA) is 71.1 Å². The highest BCUT2D eigenvalue weighted by Crippen LogP contribution is 2.54. The molecule has 2 atom stereocenters. The molecule has 0 saturated carbocycles. The average Bonchev–Trinajstić information content (AvgIpc) is 3.06. The lowest BCUT2D eigenvalue weighted by Gasteiger charge is -2.37. The minimum Gasteiger partial charge on any atom is -0.496 e. The summed E-state index contributed by atoms with van der Waals surface area (Å²) in [6.45, 7) is 1.98. The van der Waals surface area contributed by atoms with Gasteiger partial charge in [-0.05, 0) is 40.3 Å². The van der Waals surface area contributed by atoms with E-state index in [-0.39, 0.29) is 46.7 Å². The molecule has 0 N–H and O–H groups in total. The molecule has 1 aliphatic heterocycles. The third-order valence-corrected chi connectivity index (χ3v) is 6.66.